The Hall–Kier alpha value is -0.570. The zero-order chi connectivity index (χ0) is 13.1. The maximum Gasteiger partial charge on any atom is 0.304 e. The third kappa shape index (κ3) is 3.70. The first-order valence-electron chi connectivity index (χ1n) is 6.86. The molecule has 1 aliphatic carbocycles. The van der Waals surface area contributed by atoms with Gasteiger partial charge in [0, 0.05) is 12.1 Å². The van der Waals surface area contributed by atoms with Crippen molar-refractivity contribution >= 4 is 5.97 Å². The fourth-order valence-corrected chi connectivity index (χ4v) is 3.30. The molecule has 1 rings (SSSR count). The van der Waals surface area contributed by atoms with Crippen LogP contribution in [0, 0.1) is 5.41 Å². The second-order valence-corrected chi connectivity index (χ2v) is 6.03. The molecule has 0 saturated heterocycles. The molecule has 0 spiro atoms. The van der Waals surface area contributed by atoms with Gasteiger partial charge in [0.15, 0.2) is 0 Å². The van der Waals surface area contributed by atoms with Crippen LogP contribution >= 0.6 is 0 Å². The van der Waals surface area contributed by atoms with Gasteiger partial charge in [-0.05, 0) is 31.7 Å². The number of aliphatic carboxylic acids is 1. The molecule has 1 fully saturated rings. The molecule has 1 aliphatic rings. The average Bonchev–Trinajstić information content (AvgIpc) is 2.20. The van der Waals surface area contributed by atoms with E-state index in [1.165, 1.54) is 25.7 Å². The molecule has 17 heavy (non-hydrogen) atoms. The fourth-order valence-electron chi connectivity index (χ4n) is 3.30. The minimum Gasteiger partial charge on any atom is -0.481 e. The molecule has 0 radical (unpaired) electrons. The number of carboxylic acid groups (broad SMARTS) is 1. The molecule has 0 heterocycles. The molecule has 1 N–H and O–H groups in total. The standard InChI is InChI=1S/C14H27NO2/c1-5-15(11(2)10-13(16)17)12-8-6-7-9-14(12,3)4/h11-12H,5-10H2,1-4H3,(H,16,17). The molecule has 2 atom stereocenters. The van der Waals surface area contributed by atoms with Crippen LogP contribution in [0.15, 0.2) is 0 Å². The number of carbonyl (C=O) groups is 1. The number of hydrogen-bond acceptors (Lipinski definition) is 2. The Bertz CT molecular complexity index is 263. The summed E-state index contributed by atoms with van der Waals surface area (Å²) in [5.74, 6) is -0.690. The van der Waals surface area contributed by atoms with Gasteiger partial charge in [0.25, 0.3) is 0 Å². The van der Waals surface area contributed by atoms with E-state index in [9.17, 15) is 4.79 Å². The normalized spacial score (nSPS) is 25.8. The van der Waals surface area contributed by atoms with Gasteiger partial charge in [-0.25, -0.2) is 0 Å². The van der Waals surface area contributed by atoms with Crippen LogP contribution in [0.5, 0.6) is 0 Å². The van der Waals surface area contributed by atoms with Crippen molar-refractivity contribution in [1.82, 2.24) is 4.90 Å². The first kappa shape index (κ1) is 14.5. The van der Waals surface area contributed by atoms with Crippen molar-refractivity contribution in [1.29, 1.82) is 0 Å². The molecular formula is C14H27NO2. The lowest BCUT2D eigenvalue weighted by Crippen LogP contribution is -2.51. The summed E-state index contributed by atoms with van der Waals surface area (Å²) in [6, 6.07) is 0.676. The van der Waals surface area contributed by atoms with E-state index in [-0.39, 0.29) is 12.5 Å². The van der Waals surface area contributed by atoms with Crippen LogP contribution in [0.3, 0.4) is 0 Å². The topological polar surface area (TPSA) is 40.5 Å². The van der Waals surface area contributed by atoms with Crippen LogP contribution in [0.2, 0.25) is 0 Å². The van der Waals surface area contributed by atoms with E-state index >= 15 is 0 Å². The monoisotopic (exact) mass is 241 g/mol. The van der Waals surface area contributed by atoms with Gasteiger partial charge in [0.05, 0.1) is 6.42 Å². The van der Waals surface area contributed by atoms with E-state index in [1.54, 1.807) is 0 Å². The van der Waals surface area contributed by atoms with Gasteiger partial charge in [-0.2, -0.15) is 0 Å². The zero-order valence-corrected chi connectivity index (χ0v) is 11.7. The summed E-state index contributed by atoms with van der Waals surface area (Å²) in [4.78, 5) is 13.2. The van der Waals surface area contributed by atoms with Crippen LogP contribution in [0.25, 0.3) is 0 Å². The molecule has 0 aromatic carbocycles. The molecule has 100 valence electrons. The van der Waals surface area contributed by atoms with E-state index in [2.05, 4.69) is 25.7 Å². The second-order valence-electron chi connectivity index (χ2n) is 6.03. The summed E-state index contributed by atoms with van der Waals surface area (Å²) >= 11 is 0. The lowest BCUT2D eigenvalue weighted by atomic mass is 9.72. The number of carboxylic acids is 1. The maximum absolute atomic E-state index is 10.8. The van der Waals surface area contributed by atoms with Crippen molar-refractivity contribution in [3.8, 4) is 0 Å². The molecule has 0 aromatic heterocycles. The summed E-state index contributed by atoms with van der Waals surface area (Å²) in [5.41, 5.74) is 0.320. The molecular weight excluding hydrogens is 214 g/mol. The largest absolute Gasteiger partial charge is 0.481 e. The van der Waals surface area contributed by atoms with Crippen molar-refractivity contribution < 1.29 is 9.90 Å². The molecule has 1 saturated carbocycles. The highest BCUT2D eigenvalue weighted by molar-refractivity contribution is 5.67. The lowest BCUT2D eigenvalue weighted by molar-refractivity contribution is -0.138. The number of nitrogens with zero attached hydrogens (tertiary/aromatic N) is 1. The van der Waals surface area contributed by atoms with Crippen LogP contribution in [-0.2, 0) is 4.79 Å². The second kappa shape index (κ2) is 5.85. The number of hydrogen-bond donors (Lipinski definition) is 1. The van der Waals surface area contributed by atoms with E-state index in [4.69, 9.17) is 5.11 Å². The van der Waals surface area contributed by atoms with Gasteiger partial charge in [-0.15, -0.1) is 0 Å². The fraction of sp³-hybridized carbons (Fsp3) is 0.929. The molecule has 3 heteroatoms. The first-order chi connectivity index (χ1) is 7.88. The van der Waals surface area contributed by atoms with Gasteiger partial charge in [-0.1, -0.05) is 33.6 Å². The minimum absolute atomic E-state index is 0.139. The van der Waals surface area contributed by atoms with Gasteiger partial charge in [0.2, 0.25) is 0 Å². The maximum atomic E-state index is 10.8. The SMILES string of the molecule is CCN(C(C)CC(=O)O)C1CCCCC1(C)C. The van der Waals surface area contributed by atoms with Crippen LogP contribution in [0.1, 0.15) is 59.8 Å². The average molecular weight is 241 g/mol. The van der Waals surface area contributed by atoms with E-state index in [1.807, 2.05) is 6.92 Å². The van der Waals surface area contributed by atoms with Crippen molar-refractivity contribution in [2.24, 2.45) is 5.41 Å². The Morgan fingerprint density at radius 3 is 2.59 bits per heavy atom. The Kier molecular flexibility index (Phi) is 4.99. The van der Waals surface area contributed by atoms with Crippen LogP contribution < -0.4 is 0 Å². The lowest BCUT2D eigenvalue weighted by Gasteiger charge is -2.47. The highest BCUT2D eigenvalue weighted by Gasteiger charge is 2.37. The Morgan fingerprint density at radius 2 is 2.12 bits per heavy atom. The predicted octanol–water partition coefficient (Wildman–Crippen LogP) is 3.14. The molecule has 0 amide bonds. The summed E-state index contributed by atoms with van der Waals surface area (Å²) in [7, 11) is 0. The van der Waals surface area contributed by atoms with Gasteiger partial charge in [0.1, 0.15) is 0 Å². The summed E-state index contributed by atoms with van der Waals surface area (Å²) < 4.78 is 0. The summed E-state index contributed by atoms with van der Waals surface area (Å²) in [6.07, 6.45) is 5.32. The Morgan fingerprint density at radius 1 is 1.47 bits per heavy atom. The van der Waals surface area contributed by atoms with Crippen LogP contribution in [0.4, 0.5) is 0 Å². The highest BCUT2D eigenvalue weighted by Crippen LogP contribution is 2.39. The highest BCUT2D eigenvalue weighted by atomic mass is 16.4. The van der Waals surface area contributed by atoms with Crippen molar-refractivity contribution in [2.45, 2.75) is 71.9 Å². The third-order valence-corrected chi connectivity index (χ3v) is 4.25. The summed E-state index contributed by atoms with van der Waals surface area (Å²) in [5, 5.41) is 8.93. The van der Waals surface area contributed by atoms with E-state index in [0.717, 1.165) is 6.54 Å². The smallest absolute Gasteiger partial charge is 0.304 e. The third-order valence-electron chi connectivity index (χ3n) is 4.25. The number of rotatable bonds is 5. The first-order valence-corrected chi connectivity index (χ1v) is 6.86. The van der Waals surface area contributed by atoms with Gasteiger partial charge >= 0.3 is 5.97 Å². The van der Waals surface area contributed by atoms with Crippen molar-refractivity contribution in [3.05, 3.63) is 0 Å². The van der Waals surface area contributed by atoms with E-state index < -0.39 is 5.97 Å². The molecule has 0 aromatic rings. The Labute approximate surface area is 105 Å². The molecule has 3 nitrogen and oxygen atoms in total. The molecule has 2 unspecified atom stereocenters. The van der Waals surface area contributed by atoms with E-state index in [0.29, 0.717) is 11.5 Å². The predicted molar refractivity (Wildman–Crippen MR) is 70.1 cm³/mol. The van der Waals surface area contributed by atoms with Gasteiger partial charge < -0.3 is 5.11 Å². The van der Waals surface area contributed by atoms with Crippen molar-refractivity contribution in [3.63, 3.8) is 0 Å². The minimum atomic E-state index is -0.690. The zero-order valence-electron chi connectivity index (χ0n) is 11.7. The summed E-state index contributed by atoms with van der Waals surface area (Å²) in [6.45, 7) is 9.79. The molecule has 0 bridgehead atoms. The van der Waals surface area contributed by atoms with Crippen molar-refractivity contribution in [2.75, 3.05) is 6.54 Å². The van der Waals surface area contributed by atoms with Crippen LogP contribution in [-0.4, -0.2) is 34.6 Å². The molecule has 0 aliphatic heterocycles. The van der Waals surface area contributed by atoms with Gasteiger partial charge in [-0.3, -0.25) is 9.69 Å². The Balaban J connectivity index is 2.74. The quantitative estimate of drug-likeness (QED) is 0.804.